The molecule has 0 spiro atoms. The number of piperidine rings is 1. The first-order chi connectivity index (χ1) is 10.2. The SMILES string of the molecule is CCC(N)Cc1cc(Cl)ccc1OCCN1CCCCC1. The Hall–Kier alpha value is -0.770. The van der Waals surface area contributed by atoms with E-state index in [4.69, 9.17) is 22.1 Å². The molecule has 0 aliphatic carbocycles. The van der Waals surface area contributed by atoms with Crippen molar-refractivity contribution in [3.8, 4) is 5.75 Å². The molecule has 3 nitrogen and oxygen atoms in total. The largest absolute Gasteiger partial charge is 0.492 e. The van der Waals surface area contributed by atoms with Gasteiger partial charge in [0.15, 0.2) is 0 Å². The lowest BCUT2D eigenvalue weighted by molar-refractivity contribution is 0.182. The molecular formula is C17H27ClN2O. The fourth-order valence-electron chi connectivity index (χ4n) is 2.74. The zero-order valence-electron chi connectivity index (χ0n) is 13.0. The van der Waals surface area contributed by atoms with E-state index in [1.54, 1.807) is 0 Å². The second-order valence-corrected chi connectivity index (χ2v) is 6.31. The predicted molar refractivity (Wildman–Crippen MR) is 89.2 cm³/mol. The van der Waals surface area contributed by atoms with Crippen LogP contribution in [0.4, 0.5) is 0 Å². The Labute approximate surface area is 133 Å². The third kappa shape index (κ3) is 5.50. The minimum absolute atomic E-state index is 0.160. The molecule has 1 aromatic carbocycles. The third-order valence-electron chi connectivity index (χ3n) is 4.14. The first-order valence-electron chi connectivity index (χ1n) is 8.08. The number of halogens is 1. The van der Waals surface area contributed by atoms with Crippen LogP contribution in [0.15, 0.2) is 18.2 Å². The van der Waals surface area contributed by atoms with Crippen LogP contribution in [0.5, 0.6) is 5.75 Å². The Balaban J connectivity index is 1.88. The molecule has 1 heterocycles. The van der Waals surface area contributed by atoms with Gasteiger partial charge in [-0.3, -0.25) is 4.90 Å². The summed E-state index contributed by atoms with van der Waals surface area (Å²) in [6, 6.07) is 6.00. The average molecular weight is 311 g/mol. The van der Waals surface area contributed by atoms with Crippen molar-refractivity contribution >= 4 is 11.6 Å². The number of hydrogen-bond donors (Lipinski definition) is 1. The van der Waals surface area contributed by atoms with Crippen molar-refractivity contribution in [3.63, 3.8) is 0 Å². The lowest BCUT2D eigenvalue weighted by Crippen LogP contribution is -2.33. The first-order valence-corrected chi connectivity index (χ1v) is 8.46. The van der Waals surface area contributed by atoms with Crippen LogP contribution < -0.4 is 10.5 Å². The van der Waals surface area contributed by atoms with Gasteiger partial charge in [0.2, 0.25) is 0 Å². The molecule has 0 radical (unpaired) electrons. The van der Waals surface area contributed by atoms with Gasteiger partial charge in [0.25, 0.3) is 0 Å². The minimum Gasteiger partial charge on any atom is -0.492 e. The van der Waals surface area contributed by atoms with Gasteiger partial charge in [0, 0.05) is 17.6 Å². The Morgan fingerprint density at radius 2 is 2.05 bits per heavy atom. The zero-order valence-corrected chi connectivity index (χ0v) is 13.7. The van der Waals surface area contributed by atoms with E-state index in [0.29, 0.717) is 0 Å². The lowest BCUT2D eigenvalue weighted by Gasteiger charge is -2.26. The molecule has 2 rings (SSSR count). The Morgan fingerprint density at radius 1 is 1.29 bits per heavy atom. The smallest absolute Gasteiger partial charge is 0.122 e. The van der Waals surface area contributed by atoms with Crippen LogP contribution in [0.3, 0.4) is 0 Å². The highest BCUT2D eigenvalue weighted by Crippen LogP contribution is 2.24. The molecule has 1 unspecified atom stereocenters. The summed E-state index contributed by atoms with van der Waals surface area (Å²) in [5.41, 5.74) is 7.18. The van der Waals surface area contributed by atoms with Gasteiger partial charge in [0.1, 0.15) is 12.4 Å². The minimum atomic E-state index is 0.160. The quantitative estimate of drug-likeness (QED) is 0.838. The Morgan fingerprint density at radius 3 is 2.76 bits per heavy atom. The molecular weight excluding hydrogens is 284 g/mol. The van der Waals surface area contributed by atoms with Crippen LogP contribution in [0.1, 0.15) is 38.2 Å². The van der Waals surface area contributed by atoms with Gasteiger partial charge in [-0.25, -0.2) is 0 Å². The first kappa shape index (κ1) is 16.6. The van der Waals surface area contributed by atoms with E-state index >= 15 is 0 Å². The molecule has 1 fully saturated rings. The molecule has 0 bridgehead atoms. The summed E-state index contributed by atoms with van der Waals surface area (Å²) >= 11 is 6.09. The van der Waals surface area contributed by atoms with Gasteiger partial charge in [-0.2, -0.15) is 0 Å². The highest BCUT2D eigenvalue weighted by atomic mass is 35.5. The van der Waals surface area contributed by atoms with Crippen LogP contribution in [-0.4, -0.2) is 37.2 Å². The van der Waals surface area contributed by atoms with Crippen molar-refractivity contribution in [3.05, 3.63) is 28.8 Å². The summed E-state index contributed by atoms with van der Waals surface area (Å²) in [6.45, 7) is 6.25. The normalized spacial score (nSPS) is 17.7. The van der Waals surface area contributed by atoms with Crippen LogP contribution in [0.2, 0.25) is 5.02 Å². The molecule has 1 atom stereocenters. The van der Waals surface area contributed by atoms with Crippen molar-refractivity contribution in [1.82, 2.24) is 4.90 Å². The van der Waals surface area contributed by atoms with Crippen molar-refractivity contribution in [2.24, 2.45) is 5.73 Å². The van der Waals surface area contributed by atoms with Crippen molar-refractivity contribution in [1.29, 1.82) is 0 Å². The standard InChI is InChI=1S/C17H27ClN2O/c1-2-16(19)13-14-12-15(18)6-7-17(14)21-11-10-20-8-4-3-5-9-20/h6-7,12,16H,2-5,8-11,13,19H2,1H3. The number of nitrogens with zero attached hydrogens (tertiary/aromatic N) is 1. The van der Waals surface area contributed by atoms with Gasteiger partial charge in [-0.15, -0.1) is 0 Å². The predicted octanol–water partition coefficient (Wildman–Crippen LogP) is 3.48. The van der Waals surface area contributed by atoms with Crippen molar-refractivity contribution in [2.45, 2.75) is 45.1 Å². The maximum atomic E-state index is 6.09. The fourth-order valence-corrected chi connectivity index (χ4v) is 2.94. The summed E-state index contributed by atoms with van der Waals surface area (Å²) < 4.78 is 5.98. The molecule has 1 aliphatic heterocycles. The maximum absolute atomic E-state index is 6.09. The van der Waals surface area contributed by atoms with Gasteiger partial charge in [-0.05, 0) is 62.5 Å². The molecule has 2 N–H and O–H groups in total. The zero-order chi connectivity index (χ0) is 15.1. The van der Waals surface area contributed by atoms with Crippen LogP contribution in [0.25, 0.3) is 0 Å². The second kappa shape index (κ2) is 8.62. The maximum Gasteiger partial charge on any atom is 0.122 e. The molecule has 4 heteroatoms. The Bertz CT molecular complexity index is 433. The van der Waals surface area contributed by atoms with E-state index in [1.807, 2.05) is 18.2 Å². The number of nitrogens with two attached hydrogens (primary N) is 1. The molecule has 21 heavy (non-hydrogen) atoms. The second-order valence-electron chi connectivity index (χ2n) is 5.88. The highest BCUT2D eigenvalue weighted by molar-refractivity contribution is 6.30. The average Bonchev–Trinajstić information content (AvgIpc) is 2.50. The van der Waals surface area contributed by atoms with E-state index in [9.17, 15) is 0 Å². The van der Waals surface area contributed by atoms with Crippen LogP contribution in [-0.2, 0) is 6.42 Å². The summed E-state index contributed by atoms with van der Waals surface area (Å²) in [7, 11) is 0. The van der Waals surface area contributed by atoms with E-state index < -0.39 is 0 Å². The van der Waals surface area contributed by atoms with Crippen molar-refractivity contribution < 1.29 is 4.74 Å². The molecule has 0 amide bonds. The summed E-state index contributed by atoms with van der Waals surface area (Å²) in [6.07, 6.45) is 5.78. The monoisotopic (exact) mass is 310 g/mol. The fraction of sp³-hybridized carbons (Fsp3) is 0.647. The van der Waals surface area contributed by atoms with E-state index in [0.717, 1.165) is 42.3 Å². The molecule has 1 aliphatic rings. The van der Waals surface area contributed by atoms with E-state index in [2.05, 4.69) is 11.8 Å². The van der Waals surface area contributed by atoms with Crippen molar-refractivity contribution in [2.75, 3.05) is 26.2 Å². The number of rotatable bonds is 7. The molecule has 1 saturated heterocycles. The number of hydrogen-bond acceptors (Lipinski definition) is 3. The van der Waals surface area contributed by atoms with E-state index in [-0.39, 0.29) is 6.04 Å². The van der Waals surface area contributed by atoms with Crippen LogP contribution in [0, 0.1) is 0 Å². The third-order valence-corrected chi connectivity index (χ3v) is 4.38. The topological polar surface area (TPSA) is 38.5 Å². The summed E-state index contributed by atoms with van der Waals surface area (Å²) in [4.78, 5) is 2.48. The summed E-state index contributed by atoms with van der Waals surface area (Å²) in [5, 5.41) is 0.747. The number of likely N-dealkylation sites (tertiary alicyclic amines) is 1. The highest BCUT2D eigenvalue weighted by Gasteiger charge is 2.12. The summed E-state index contributed by atoms with van der Waals surface area (Å²) in [5.74, 6) is 0.931. The van der Waals surface area contributed by atoms with E-state index in [1.165, 1.54) is 32.4 Å². The Kier molecular flexibility index (Phi) is 6.81. The molecule has 0 aromatic heterocycles. The molecule has 1 aromatic rings. The van der Waals surface area contributed by atoms with Gasteiger partial charge in [0.05, 0.1) is 0 Å². The lowest BCUT2D eigenvalue weighted by atomic mass is 10.0. The number of benzene rings is 1. The number of ether oxygens (including phenoxy) is 1. The van der Waals surface area contributed by atoms with Gasteiger partial charge >= 0.3 is 0 Å². The molecule has 118 valence electrons. The molecule has 0 saturated carbocycles. The van der Waals surface area contributed by atoms with Gasteiger partial charge in [-0.1, -0.05) is 24.9 Å². The van der Waals surface area contributed by atoms with Crippen LogP contribution >= 0.6 is 11.6 Å². The van der Waals surface area contributed by atoms with Gasteiger partial charge < -0.3 is 10.5 Å².